The van der Waals surface area contributed by atoms with Crippen LogP contribution in [0.2, 0.25) is 10.0 Å². The third kappa shape index (κ3) is 5.94. The Labute approximate surface area is 220 Å². The van der Waals surface area contributed by atoms with E-state index in [4.69, 9.17) is 27.9 Å². The van der Waals surface area contributed by atoms with Crippen LogP contribution in [0.25, 0.3) is 0 Å². The fourth-order valence-electron chi connectivity index (χ4n) is 4.85. The lowest BCUT2D eigenvalue weighted by atomic mass is 9.96. The van der Waals surface area contributed by atoms with E-state index in [9.17, 15) is 14.4 Å². The molecule has 36 heavy (non-hydrogen) atoms. The number of esters is 1. The maximum absolute atomic E-state index is 13.4. The van der Waals surface area contributed by atoms with Crippen LogP contribution in [0.3, 0.4) is 0 Å². The van der Waals surface area contributed by atoms with E-state index >= 15 is 0 Å². The van der Waals surface area contributed by atoms with Gasteiger partial charge in [-0.15, -0.1) is 0 Å². The lowest BCUT2D eigenvalue weighted by Gasteiger charge is -2.44. The summed E-state index contributed by atoms with van der Waals surface area (Å²) in [4.78, 5) is 41.9. The minimum absolute atomic E-state index is 0.117. The summed E-state index contributed by atoms with van der Waals surface area (Å²) in [6.45, 7) is 3.07. The van der Waals surface area contributed by atoms with E-state index in [1.54, 1.807) is 28.9 Å². The summed E-state index contributed by atoms with van der Waals surface area (Å²) in [5, 5.41) is 7.33. The summed E-state index contributed by atoms with van der Waals surface area (Å²) in [6.07, 6.45) is 1.53. The van der Waals surface area contributed by atoms with Gasteiger partial charge in [0, 0.05) is 32.5 Å². The van der Waals surface area contributed by atoms with Crippen LogP contribution in [-0.4, -0.2) is 65.7 Å². The largest absolute Gasteiger partial charge is 0.465 e. The molecule has 0 aromatic heterocycles. The van der Waals surface area contributed by atoms with Crippen molar-refractivity contribution in [1.82, 2.24) is 20.4 Å². The van der Waals surface area contributed by atoms with Gasteiger partial charge in [-0.1, -0.05) is 59.6 Å². The zero-order valence-electron chi connectivity index (χ0n) is 20.1. The van der Waals surface area contributed by atoms with Crippen LogP contribution in [0.5, 0.6) is 0 Å². The molecule has 2 N–H and O–H groups in total. The number of halogens is 2. The predicted molar refractivity (Wildman–Crippen MR) is 138 cm³/mol. The zero-order chi connectivity index (χ0) is 25.7. The number of ether oxygens (including phenoxy) is 1. The topological polar surface area (TPSA) is 91.0 Å². The van der Waals surface area contributed by atoms with Crippen LogP contribution in [-0.2, 0) is 27.3 Å². The van der Waals surface area contributed by atoms with Crippen molar-refractivity contribution in [3.05, 3.63) is 69.7 Å². The number of nitrogens with one attached hydrogen (secondary N) is 2. The summed E-state index contributed by atoms with van der Waals surface area (Å²) in [6, 6.07) is 14.4. The Hall–Kier alpha value is -2.81. The van der Waals surface area contributed by atoms with Crippen molar-refractivity contribution >= 4 is 41.1 Å². The third-order valence-electron chi connectivity index (χ3n) is 6.70. The second kappa shape index (κ2) is 11.5. The minimum atomic E-state index is -0.705. The van der Waals surface area contributed by atoms with Gasteiger partial charge in [0.2, 0.25) is 5.91 Å². The highest BCUT2D eigenvalue weighted by Gasteiger charge is 2.52. The van der Waals surface area contributed by atoms with E-state index < -0.39 is 17.7 Å². The molecule has 2 aliphatic heterocycles. The van der Waals surface area contributed by atoms with Gasteiger partial charge < -0.3 is 19.9 Å². The SMILES string of the molecule is CCOC(=O)CN1C(=O)C(Cc2ccccc2)NC12CCN(C(=O)NCc1ccc(Cl)c(Cl)c1)CC2. The third-order valence-corrected chi connectivity index (χ3v) is 7.44. The number of rotatable bonds is 7. The monoisotopic (exact) mass is 532 g/mol. The molecule has 3 amide bonds. The van der Waals surface area contributed by atoms with Crippen molar-refractivity contribution in [3.63, 3.8) is 0 Å². The number of likely N-dealkylation sites (tertiary alicyclic amines) is 1. The predicted octanol–water partition coefficient (Wildman–Crippen LogP) is 3.60. The highest BCUT2D eigenvalue weighted by molar-refractivity contribution is 6.42. The Bertz CT molecular complexity index is 1110. The number of hydrogen-bond donors (Lipinski definition) is 2. The van der Waals surface area contributed by atoms with Crippen LogP contribution in [0.1, 0.15) is 30.9 Å². The Balaban J connectivity index is 1.41. The van der Waals surface area contributed by atoms with Gasteiger partial charge in [0.05, 0.1) is 28.4 Å². The van der Waals surface area contributed by atoms with Crippen molar-refractivity contribution in [2.24, 2.45) is 0 Å². The first-order valence-corrected chi connectivity index (χ1v) is 12.8. The molecule has 8 nitrogen and oxygen atoms in total. The van der Waals surface area contributed by atoms with E-state index in [2.05, 4.69) is 10.6 Å². The summed E-state index contributed by atoms with van der Waals surface area (Å²) < 4.78 is 5.14. The van der Waals surface area contributed by atoms with Gasteiger partial charge in [-0.2, -0.15) is 0 Å². The molecule has 4 rings (SSSR count). The van der Waals surface area contributed by atoms with Crippen molar-refractivity contribution < 1.29 is 19.1 Å². The van der Waals surface area contributed by atoms with Gasteiger partial charge in [0.1, 0.15) is 6.54 Å². The average Bonchev–Trinajstić information content (AvgIpc) is 3.11. The van der Waals surface area contributed by atoms with Crippen LogP contribution in [0.15, 0.2) is 48.5 Å². The van der Waals surface area contributed by atoms with E-state index in [-0.39, 0.29) is 25.1 Å². The molecule has 0 aliphatic carbocycles. The Morgan fingerprint density at radius 1 is 1.08 bits per heavy atom. The number of benzene rings is 2. The summed E-state index contributed by atoms with van der Waals surface area (Å²) in [5.41, 5.74) is 1.18. The number of carbonyl (C=O) groups excluding carboxylic acids is 3. The summed E-state index contributed by atoms with van der Waals surface area (Å²) in [7, 11) is 0. The van der Waals surface area contributed by atoms with E-state index in [1.165, 1.54) is 0 Å². The first-order chi connectivity index (χ1) is 17.3. The molecular formula is C26H30Cl2N4O4. The van der Waals surface area contributed by atoms with Crippen LogP contribution in [0, 0.1) is 0 Å². The van der Waals surface area contributed by atoms with Crippen LogP contribution < -0.4 is 10.6 Å². The zero-order valence-corrected chi connectivity index (χ0v) is 21.6. The first kappa shape index (κ1) is 26.3. The molecule has 2 aromatic carbocycles. The summed E-state index contributed by atoms with van der Waals surface area (Å²) >= 11 is 12.0. The van der Waals surface area contributed by atoms with Crippen molar-refractivity contribution in [3.8, 4) is 0 Å². The first-order valence-electron chi connectivity index (χ1n) is 12.1. The van der Waals surface area contributed by atoms with Gasteiger partial charge in [-0.25, -0.2) is 4.79 Å². The number of hydrogen-bond acceptors (Lipinski definition) is 5. The Morgan fingerprint density at radius 3 is 2.47 bits per heavy atom. The Morgan fingerprint density at radius 2 is 1.81 bits per heavy atom. The van der Waals surface area contributed by atoms with Crippen LogP contribution >= 0.6 is 23.2 Å². The molecule has 0 bridgehead atoms. The quantitative estimate of drug-likeness (QED) is 0.531. The molecule has 1 unspecified atom stereocenters. The molecule has 0 saturated carbocycles. The number of urea groups is 1. The van der Waals surface area contributed by atoms with Crippen LogP contribution in [0.4, 0.5) is 4.79 Å². The normalized spacial score (nSPS) is 19.0. The number of piperidine rings is 1. The fraction of sp³-hybridized carbons (Fsp3) is 0.423. The number of nitrogens with zero attached hydrogens (tertiary/aromatic N) is 2. The van der Waals surface area contributed by atoms with Gasteiger partial charge in [-0.3, -0.25) is 14.9 Å². The molecule has 1 atom stereocenters. The standard InChI is InChI=1S/C26H30Cl2N4O4/c1-2-36-23(33)17-32-24(34)22(15-18-6-4-3-5-7-18)30-26(32)10-12-31(13-11-26)25(35)29-16-19-8-9-20(27)21(28)14-19/h3-9,14,22,30H,2,10-13,15-17H2,1H3,(H,29,35). The number of amides is 3. The molecule has 2 heterocycles. The second-order valence-corrected chi connectivity index (χ2v) is 9.86. The summed E-state index contributed by atoms with van der Waals surface area (Å²) in [5.74, 6) is -0.557. The van der Waals surface area contributed by atoms with E-state index in [0.29, 0.717) is 48.9 Å². The molecule has 192 valence electrons. The molecule has 2 saturated heterocycles. The second-order valence-electron chi connectivity index (χ2n) is 9.04. The fourth-order valence-corrected chi connectivity index (χ4v) is 5.17. The van der Waals surface area contributed by atoms with Crippen molar-refractivity contribution in [1.29, 1.82) is 0 Å². The number of carbonyl (C=O) groups is 3. The maximum atomic E-state index is 13.4. The molecule has 2 aromatic rings. The highest BCUT2D eigenvalue weighted by Crippen LogP contribution is 2.33. The lowest BCUT2D eigenvalue weighted by Crippen LogP contribution is -2.61. The average molecular weight is 533 g/mol. The van der Waals surface area contributed by atoms with Gasteiger partial charge >= 0.3 is 12.0 Å². The van der Waals surface area contributed by atoms with E-state index in [0.717, 1.165) is 11.1 Å². The molecule has 2 fully saturated rings. The molecule has 0 radical (unpaired) electrons. The minimum Gasteiger partial charge on any atom is -0.465 e. The molecule has 1 spiro atoms. The van der Waals surface area contributed by atoms with Gasteiger partial charge in [0.25, 0.3) is 0 Å². The van der Waals surface area contributed by atoms with E-state index in [1.807, 2.05) is 36.4 Å². The van der Waals surface area contributed by atoms with Gasteiger partial charge in [-0.05, 0) is 36.6 Å². The maximum Gasteiger partial charge on any atom is 0.325 e. The van der Waals surface area contributed by atoms with Crippen molar-refractivity contribution in [2.75, 3.05) is 26.2 Å². The van der Waals surface area contributed by atoms with Gasteiger partial charge in [0.15, 0.2) is 0 Å². The smallest absolute Gasteiger partial charge is 0.325 e. The molecule has 2 aliphatic rings. The lowest BCUT2D eigenvalue weighted by molar-refractivity contribution is -0.151. The Kier molecular flexibility index (Phi) is 8.39. The van der Waals surface area contributed by atoms with Crippen molar-refractivity contribution in [2.45, 2.75) is 44.4 Å². The highest BCUT2D eigenvalue weighted by atomic mass is 35.5. The molecular weight excluding hydrogens is 503 g/mol. The molecule has 10 heteroatoms.